The van der Waals surface area contributed by atoms with Gasteiger partial charge in [-0.15, -0.1) is 11.3 Å². The minimum absolute atomic E-state index is 0.117. The van der Waals surface area contributed by atoms with Gasteiger partial charge in [-0.25, -0.2) is 0 Å². The van der Waals surface area contributed by atoms with E-state index >= 15 is 0 Å². The van der Waals surface area contributed by atoms with Crippen LogP contribution >= 0.6 is 11.3 Å². The van der Waals surface area contributed by atoms with E-state index in [0.29, 0.717) is 17.9 Å². The maximum absolute atomic E-state index is 12.0. The molecule has 4 nitrogen and oxygen atoms in total. The minimum Gasteiger partial charge on any atom is -0.486 e. The minimum atomic E-state index is -0.117. The van der Waals surface area contributed by atoms with Gasteiger partial charge in [0, 0.05) is 16.4 Å². The number of thiophene rings is 1. The van der Waals surface area contributed by atoms with Gasteiger partial charge in [0.2, 0.25) is 0 Å². The molecule has 114 valence electrons. The summed E-state index contributed by atoms with van der Waals surface area (Å²) in [4.78, 5) is 24.7. The third-order valence-corrected chi connectivity index (χ3v) is 4.41. The second-order valence-electron chi connectivity index (χ2n) is 5.32. The predicted molar refractivity (Wildman–Crippen MR) is 85.2 cm³/mol. The summed E-state index contributed by atoms with van der Waals surface area (Å²) in [7, 11) is 0. The summed E-state index contributed by atoms with van der Waals surface area (Å²) < 4.78 is 5.44. The van der Waals surface area contributed by atoms with Crippen molar-refractivity contribution in [1.29, 1.82) is 0 Å². The SMILES string of the molecule is O=C(NCc1cccs1)c1ccc(OCC(=O)C2CC2)cc1. The number of benzene rings is 1. The van der Waals surface area contributed by atoms with Crippen molar-refractivity contribution in [2.24, 2.45) is 5.92 Å². The lowest BCUT2D eigenvalue weighted by atomic mass is 10.2. The van der Waals surface area contributed by atoms with Crippen LogP contribution in [0.15, 0.2) is 41.8 Å². The molecule has 22 heavy (non-hydrogen) atoms. The van der Waals surface area contributed by atoms with Gasteiger partial charge in [-0.05, 0) is 48.6 Å². The second kappa shape index (κ2) is 6.75. The number of carbonyl (C=O) groups excluding carboxylic acids is 2. The van der Waals surface area contributed by atoms with Crippen LogP contribution < -0.4 is 10.1 Å². The van der Waals surface area contributed by atoms with Gasteiger partial charge < -0.3 is 10.1 Å². The maximum Gasteiger partial charge on any atom is 0.251 e. The van der Waals surface area contributed by atoms with Crippen LogP contribution in [0.1, 0.15) is 28.1 Å². The maximum atomic E-state index is 12.0. The highest BCUT2D eigenvalue weighted by atomic mass is 32.1. The lowest BCUT2D eigenvalue weighted by molar-refractivity contribution is -0.122. The molecule has 1 aliphatic carbocycles. The molecular formula is C17H17NO3S. The molecule has 1 N–H and O–H groups in total. The van der Waals surface area contributed by atoms with Crippen LogP contribution in [0.2, 0.25) is 0 Å². The molecule has 1 fully saturated rings. The van der Waals surface area contributed by atoms with Gasteiger partial charge in [-0.2, -0.15) is 0 Å². The predicted octanol–water partition coefficient (Wildman–Crippen LogP) is 3.04. The zero-order valence-corrected chi connectivity index (χ0v) is 12.9. The monoisotopic (exact) mass is 315 g/mol. The second-order valence-corrected chi connectivity index (χ2v) is 6.35. The number of carbonyl (C=O) groups is 2. The topological polar surface area (TPSA) is 55.4 Å². The average Bonchev–Trinajstić information content (AvgIpc) is 3.27. The van der Waals surface area contributed by atoms with E-state index in [1.54, 1.807) is 35.6 Å². The Morgan fingerprint density at radius 2 is 1.95 bits per heavy atom. The first-order valence-electron chi connectivity index (χ1n) is 7.28. The number of ether oxygens (including phenoxy) is 1. The molecule has 0 atom stereocenters. The number of rotatable bonds is 7. The molecule has 0 radical (unpaired) electrons. The van der Waals surface area contributed by atoms with Crippen molar-refractivity contribution in [1.82, 2.24) is 5.32 Å². The fourth-order valence-electron chi connectivity index (χ4n) is 2.06. The van der Waals surface area contributed by atoms with Crippen molar-refractivity contribution >= 4 is 23.0 Å². The van der Waals surface area contributed by atoms with E-state index < -0.39 is 0 Å². The highest BCUT2D eigenvalue weighted by molar-refractivity contribution is 7.09. The van der Waals surface area contributed by atoms with Crippen molar-refractivity contribution in [2.75, 3.05) is 6.61 Å². The number of nitrogens with one attached hydrogen (secondary N) is 1. The first-order valence-corrected chi connectivity index (χ1v) is 8.16. The molecule has 0 spiro atoms. The Kier molecular flexibility index (Phi) is 4.53. The van der Waals surface area contributed by atoms with Crippen LogP contribution in [-0.2, 0) is 11.3 Å². The van der Waals surface area contributed by atoms with Crippen molar-refractivity contribution in [2.45, 2.75) is 19.4 Å². The van der Waals surface area contributed by atoms with Gasteiger partial charge in [0.25, 0.3) is 5.91 Å². The van der Waals surface area contributed by atoms with Crippen LogP contribution in [0.5, 0.6) is 5.75 Å². The number of hydrogen-bond acceptors (Lipinski definition) is 4. The number of ketones is 1. The Morgan fingerprint density at radius 1 is 1.18 bits per heavy atom. The summed E-state index contributed by atoms with van der Waals surface area (Å²) in [5.74, 6) is 0.873. The molecule has 1 heterocycles. The number of amides is 1. The molecular weight excluding hydrogens is 298 g/mol. The first-order chi connectivity index (χ1) is 10.7. The van der Waals surface area contributed by atoms with E-state index in [1.807, 2.05) is 17.5 Å². The molecule has 0 aliphatic heterocycles. The molecule has 1 saturated carbocycles. The third-order valence-electron chi connectivity index (χ3n) is 3.53. The summed E-state index contributed by atoms with van der Waals surface area (Å²) in [5, 5.41) is 4.85. The van der Waals surface area contributed by atoms with Gasteiger partial charge >= 0.3 is 0 Å². The van der Waals surface area contributed by atoms with E-state index in [0.717, 1.165) is 17.7 Å². The summed E-state index contributed by atoms with van der Waals surface area (Å²) in [6, 6.07) is 10.8. The fourth-order valence-corrected chi connectivity index (χ4v) is 2.71. The van der Waals surface area contributed by atoms with Crippen LogP contribution in [0.3, 0.4) is 0 Å². The van der Waals surface area contributed by atoms with E-state index in [2.05, 4.69) is 5.32 Å². The zero-order chi connectivity index (χ0) is 15.4. The third kappa shape index (κ3) is 3.95. The highest BCUT2D eigenvalue weighted by Crippen LogP contribution is 2.29. The largest absolute Gasteiger partial charge is 0.486 e. The van der Waals surface area contributed by atoms with E-state index in [9.17, 15) is 9.59 Å². The molecule has 2 aromatic rings. The van der Waals surface area contributed by atoms with Gasteiger partial charge in [-0.3, -0.25) is 9.59 Å². The molecule has 1 aromatic carbocycles. The zero-order valence-electron chi connectivity index (χ0n) is 12.1. The lowest BCUT2D eigenvalue weighted by Crippen LogP contribution is -2.22. The number of hydrogen-bond donors (Lipinski definition) is 1. The Labute approximate surface area is 133 Å². The fraction of sp³-hybridized carbons (Fsp3) is 0.294. The summed E-state index contributed by atoms with van der Waals surface area (Å²) in [6.07, 6.45) is 1.98. The Bertz CT molecular complexity index is 645. The van der Waals surface area contributed by atoms with Gasteiger partial charge in [0.1, 0.15) is 12.4 Å². The first kappa shape index (κ1) is 14.8. The standard InChI is InChI=1S/C17H17NO3S/c19-16(12-3-4-12)11-21-14-7-5-13(6-8-14)17(20)18-10-15-2-1-9-22-15/h1-2,5-9,12H,3-4,10-11H2,(H,18,20). The Hall–Kier alpha value is -2.14. The number of Topliss-reactive ketones (excluding diaryl/α,β-unsaturated/α-hetero) is 1. The van der Waals surface area contributed by atoms with Crippen LogP contribution in [0.25, 0.3) is 0 Å². The van der Waals surface area contributed by atoms with Gasteiger partial charge in [0.05, 0.1) is 6.54 Å². The molecule has 0 saturated heterocycles. The summed E-state index contributed by atoms with van der Waals surface area (Å²) in [6.45, 7) is 0.652. The van der Waals surface area contributed by atoms with E-state index in [4.69, 9.17) is 4.74 Å². The van der Waals surface area contributed by atoms with Crippen LogP contribution in [0.4, 0.5) is 0 Å². The van der Waals surface area contributed by atoms with E-state index in [1.165, 1.54) is 0 Å². The molecule has 1 amide bonds. The molecule has 0 unspecified atom stereocenters. The van der Waals surface area contributed by atoms with Crippen LogP contribution in [0, 0.1) is 5.92 Å². The Balaban J connectivity index is 1.49. The van der Waals surface area contributed by atoms with Gasteiger partial charge in [-0.1, -0.05) is 6.07 Å². The normalized spacial score (nSPS) is 13.6. The summed E-state index contributed by atoms with van der Waals surface area (Å²) in [5.41, 5.74) is 0.581. The van der Waals surface area contributed by atoms with E-state index in [-0.39, 0.29) is 24.2 Å². The van der Waals surface area contributed by atoms with Crippen molar-refractivity contribution in [3.8, 4) is 5.75 Å². The molecule has 3 rings (SSSR count). The van der Waals surface area contributed by atoms with Crippen molar-refractivity contribution in [3.63, 3.8) is 0 Å². The quantitative estimate of drug-likeness (QED) is 0.854. The van der Waals surface area contributed by atoms with Crippen LogP contribution in [-0.4, -0.2) is 18.3 Å². The van der Waals surface area contributed by atoms with Crippen molar-refractivity contribution < 1.29 is 14.3 Å². The molecule has 1 aliphatic rings. The summed E-state index contributed by atoms with van der Waals surface area (Å²) >= 11 is 1.61. The van der Waals surface area contributed by atoms with Crippen molar-refractivity contribution in [3.05, 3.63) is 52.2 Å². The lowest BCUT2D eigenvalue weighted by Gasteiger charge is -2.07. The smallest absolute Gasteiger partial charge is 0.251 e. The van der Waals surface area contributed by atoms with Gasteiger partial charge in [0.15, 0.2) is 5.78 Å². The molecule has 0 bridgehead atoms. The Morgan fingerprint density at radius 3 is 2.59 bits per heavy atom. The highest BCUT2D eigenvalue weighted by Gasteiger charge is 2.29. The molecule has 5 heteroatoms. The molecule has 1 aromatic heterocycles. The average molecular weight is 315 g/mol.